The molecule has 1 heterocycles. The topological polar surface area (TPSA) is 38.3 Å². The predicted octanol–water partition coefficient (Wildman–Crippen LogP) is 3.39. The number of hydrogen-bond acceptors (Lipinski definition) is 2. The van der Waals surface area contributed by atoms with Crippen LogP contribution in [0.5, 0.6) is 0 Å². The van der Waals surface area contributed by atoms with Crippen LogP contribution in [0.2, 0.25) is 0 Å². The minimum atomic E-state index is -0.162. The van der Waals surface area contributed by atoms with Gasteiger partial charge in [0.25, 0.3) is 0 Å². The van der Waals surface area contributed by atoms with Gasteiger partial charge in [0.2, 0.25) is 5.91 Å². The number of rotatable bonds is 7. The summed E-state index contributed by atoms with van der Waals surface area (Å²) in [4.78, 5) is 12.0. The van der Waals surface area contributed by atoms with E-state index in [1.165, 1.54) is 6.42 Å². The second kappa shape index (κ2) is 8.54. The fourth-order valence-electron chi connectivity index (χ4n) is 2.07. The molecule has 0 spiro atoms. The molecule has 0 aromatic rings. The van der Waals surface area contributed by atoms with Gasteiger partial charge in [-0.2, -0.15) is 0 Å². The van der Waals surface area contributed by atoms with Gasteiger partial charge in [0.1, 0.15) is 0 Å². The highest BCUT2D eigenvalue weighted by atomic mass is 79.9. The number of alkyl halides is 2. The number of nitrogens with one attached hydrogen (secondary N) is 1. The Hall–Kier alpha value is 0.390. The first-order valence-electron chi connectivity index (χ1n) is 6.70. The summed E-state index contributed by atoms with van der Waals surface area (Å²) in [6.07, 6.45) is 6.09. The second-order valence-electron chi connectivity index (χ2n) is 4.98. The zero-order valence-electron chi connectivity index (χ0n) is 11.0. The standard InChI is InChI=1S/C13H23Br2NO2/c1-2-13(9-14,10-15)16-12(17)7-6-11-5-3-4-8-18-11/h11H,2-10H2,1H3,(H,16,17). The molecule has 1 unspecified atom stereocenters. The Balaban J connectivity index is 2.31. The van der Waals surface area contributed by atoms with Crippen molar-refractivity contribution in [3.8, 4) is 0 Å². The van der Waals surface area contributed by atoms with E-state index in [1.807, 2.05) is 0 Å². The molecular formula is C13H23Br2NO2. The van der Waals surface area contributed by atoms with Crippen LogP contribution in [0, 0.1) is 0 Å². The lowest BCUT2D eigenvalue weighted by Crippen LogP contribution is -2.51. The molecular weight excluding hydrogens is 362 g/mol. The van der Waals surface area contributed by atoms with Crippen LogP contribution in [0.3, 0.4) is 0 Å². The van der Waals surface area contributed by atoms with Gasteiger partial charge in [-0.1, -0.05) is 38.8 Å². The average Bonchev–Trinajstić information content (AvgIpc) is 2.44. The Kier molecular flexibility index (Phi) is 7.80. The Labute approximate surface area is 127 Å². The average molecular weight is 385 g/mol. The first-order valence-corrected chi connectivity index (χ1v) is 8.94. The quantitative estimate of drug-likeness (QED) is 0.683. The van der Waals surface area contributed by atoms with E-state index >= 15 is 0 Å². The molecule has 1 aliphatic heterocycles. The lowest BCUT2D eigenvalue weighted by molar-refractivity contribution is -0.123. The Morgan fingerprint density at radius 3 is 2.61 bits per heavy atom. The largest absolute Gasteiger partial charge is 0.378 e. The first kappa shape index (κ1) is 16.4. The lowest BCUT2D eigenvalue weighted by Gasteiger charge is -2.30. The molecule has 0 saturated carbocycles. The minimum absolute atomic E-state index is 0.130. The van der Waals surface area contributed by atoms with Gasteiger partial charge in [0, 0.05) is 23.7 Å². The van der Waals surface area contributed by atoms with E-state index in [2.05, 4.69) is 44.1 Å². The zero-order chi connectivity index (χ0) is 13.4. The molecule has 1 N–H and O–H groups in total. The van der Waals surface area contributed by atoms with Gasteiger partial charge in [0.15, 0.2) is 0 Å². The minimum Gasteiger partial charge on any atom is -0.378 e. The molecule has 18 heavy (non-hydrogen) atoms. The summed E-state index contributed by atoms with van der Waals surface area (Å²) in [5.41, 5.74) is -0.162. The molecule has 1 rings (SSSR count). The Morgan fingerprint density at radius 1 is 1.39 bits per heavy atom. The summed E-state index contributed by atoms with van der Waals surface area (Å²) in [5, 5.41) is 4.67. The van der Waals surface area contributed by atoms with E-state index < -0.39 is 0 Å². The molecule has 1 fully saturated rings. The third-order valence-corrected chi connectivity index (χ3v) is 5.71. The smallest absolute Gasteiger partial charge is 0.220 e. The SMILES string of the molecule is CCC(CBr)(CBr)NC(=O)CCC1CCCCO1. The Bertz CT molecular complexity index is 243. The van der Waals surface area contributed by atoms with Crippen molar-refractivity contribution in [2.75, 3.05) is 17.3 Å². The van der Waals surface area contributed by atoms with E-state index in [-0.39, 0.29) is 17.6 Å². The van der Waals surface area contributed by atoms with Gasteiger partial charge in [-0.3, -0.25) is 4.79 Å². The van der Waals surface area contributed by atoms with Gasteiger partial charge >= 0.3 is 0 Å². The fourth-order valence-corrected chi connectivity index (χ4v) is 4.07. The van der Waals surface area contributed by atoms with Crippen molar-refractivity contribution in [3.63, 3.8) is 0 Å². The van der Waals surface area contributed by atoms with Crippen molar-refractivity contribution < 1.29 is 9.53 Å². The number of halogens is 2. The number of hydrogen-bond donors (Lipinski definition) is 1. The molecule has 106 valence electrons. The molecule has 0 bridgehead atoms. The van der Waals surface area contributed by atoms with Crippen LogP contribution in [0.1, 0.15) is 45.4 Å². The van der Waals surface area contributed by atoms with Crippen molar-refractivity contribution in [2.24, 2.45) is 0 Å². The van der Waals surface area contributed by atoms with Crippen molar-refractivity contribution in [1.82, 2.24) is 5.32 Å². The summed E-state index contributed by atoms with van der Waals surface area (Å²) in [5.74, 6) is 0.130. The number of amides is 1. The van der Waals surface area contributed by atoms with Crippen LogP contribution in [-0.2, 0) is 9.53 Å². The number of ether oxygens (including phenoxy) is 1. The molecule has 1 atom stereocenters. The van der Waals surface area contributed by atoms with Crippen LogP contribution in [0.15, 0.2) is 0 Å². The first-order chi connectivity index (χ1) is 8.65. The maximum absolute atomic E-state index is 12.0. The van der Waals surface area contributed by atoms with E-state index in [4.69, 9.17) is 4.74 Å². The molecule has 5 heteroatoms. The molecule has 0 aromatic carbocycles. The second-order valence-corrected chi connectivity index (χ2v) is 6.10. The summed E-state index contributed by atoms with van der Waals surface area (Å²) < 4.78 is 5.64. The van der Waals surface area contributed by atoms with E-state index in [0.717, 1.165) is 43.0 Å². The van der Waals surface area contributed by atoms with Crippen LogP contribution in [0.25, 0.3) is 0 Å². The zero-order valence-corrected chi connectivity index (χ0v) is 14.2. The predicted molar refractivity (Wildman–Crippen MR) is 81.6 cm³/mol. The van der Waals surface area contributed by atoms with Gasteiger partial charge in [-0.15, -0.1) is 0 Å². The normalized spacial score (nSPS) is 20.7. The maximum atomic E-state index is 12.0. The van der Waals surface area contributed by atoms with Gasteiger partial charge in [-0.25, -0.2) is 0 Å². The maximum Gasteiger partial charge on any atom is 0.220 e. The summed E-state index contributed by atoms with van der Waals surface area (Å²) in [6, 6.07) is 0. The third kappa shape index (κ3) is 5.17. The summed E-state index contributed by atoms with van der Waals surface area (Å²) in [6.45, 7) is 2.95. The van der Waals surface area contributed by atoms with E-state index in [1.54, 1.807) is 0 Å². The van der Waals surface area contributed by atoms with Gasteiger partial charge < -0.3 is 10.1 Å². The van der Waals surface area contributed by atoms with Crippen molar-refractivity contribution in [1.29, 1.82) is 0 Å². The highest BCUT2D eigenvalue weighted by molar-refractivity contribution is 9.09. The van der Waals surface area contributed by atoms with Crippen molar-refractivity contribution in [3.05, 3.63) is 0 Å². The molecule has 0 aromatic heterocycles. The molecule has 0 radical (unpaired) electrons. The van der Waals surface area contributed by atoms with Crippen molar-refractivity contribution >= 4 is 37.8 Å². The molecule has 1 amide bonds. The molecule has 3 nitrogen and oxygen atoms in total. The van der Waals surface area contributed by atoms with Gasteiger partial charge in [0.05, 0.1) is 11.6 Å². The summed E-state index contributed by atoms with van der Waals surface area (Å²) >= 11 is 6.96. The molecule has 1 aliphatic rings. The van der Waals surface area contributed by atoms with Crippen LogP contribution in [0.4, 0.5) is 0 Å². The van der Waals surface area contributed by atoms with Crippen LogP contribution >= 0.6 is 31.9 Å². The number of carbonyl (C=O) groups excluding carboxylic acids is 1. The number of carbonyl (C=O) groups is 1. The van der Waals surface area contributed by atoms with E-state index in [0.29, 0.717) is 6.42 Å². The van der Waals surface area contributed by atoms with Crippen molar-refractivity contribution in [2.45, 2.75) is 57.1 Å². The third-order valence-electron chi connectivity index (χ3n) is 3.56. The van der Waals surface area contributed by atoms with E-state index in [9.17, 15) is 4.79 Å². The monoisotopic (exact) mass is 383 g/mol. The molecule has 1 saturated heterocycles. The Morgan fingerprint density at radius 2 is 2.11 bits per heavy atom. The van der Waals surface area contributed by atoms with Gasteiger partial charge in [-0.05, 0) is 32.1 Å². The van der Waals surface area contributed by atoms with Crippen LogP contribution in [-0.4, -0.2) is 34.8 Å². The molecule has 0 aliphatic carbocycles. The highest BCUT2D eigenvalue weighted by Crippen LogP contribution is 2.19. The summed E-state index contributed by atoms with van der Waals surface area (Å²) in [7, 11) is 0. The lowest BCUT2D eigenvalue weighted by atomic mass is 10.0. The van der Waals surface area contributed by atoms with Crippen LogP contribution < -0.4 is 5.32 Å². The fraction of sp³-hybridized carbons (Fsp3) is 0.923. The highest BCUT2D eigenvalue weighted by Gasteiger charge is 2.27.